The Hall–Kier alpha value is -2.58. The summed E-state index contributed by atoms with van der Waals surface area (Å²) in [6.45, 7) is 15.7. The standard InChI is InChI=1S/C32H45N3O4S/c1-6-18-33(22-24-14-10-8-11-15-24)28(37)25-26-29(38)35(20-12-9-13-21-36)27(30(39)34(19-7-2)23(3)4)32(26)17-16-31(25,5)40-32/h6-8,10-11,14-15,23,25-27,36H,1-2,9,12-13,16-22H2,3-5H3/t25-,26+,27?,31+,32?/m1/s1. The smallest absolute Gasteiger partial charge is 0.247 e. The Morgan fingerprint density at radius 3 is 2.42 bits per heavy atom. The number of rotatable bonds is 14. The van der Waals surface area contributed by atoms with Gasteiger partial charge in [0.05, 0.1) is 16.6 Å². The average Bonchev–Trinajstić information content (AvgIpc) is 3.50. The second kappa shape index (κ2) is 12.5. The first-order valence-electron chi connectivity index (χ1n) is 14.6. The summed E-state index contributed by atoms with van der Waals surface area (Å²) in [7, 11) is 0. The first kappa shape index (κ1) is 30.4. The van der Waals surface area contributed by atoms with Gasteiger partial charge in [0.25, 0.3) is 0 Å². The summed E-state index contributed by atoms with van der Waals surface area (Å²) in [6, 6.07) is 9.23. The maximum Gasteiger partial charge on any atom is 0.247 e. The van der Waals surface area contributed by atoms with Crippen molar-refractivity contribution in [3.05, 3.63) is 61.2 Å². The number of carbonyl (C=O) groups is 3. The van der Waals surface area contributed by atoms with E-state index >= 15 is 0 Å². The van der Waals surface area contributed by atoms with E-state index in [0.29, 0.717) is 39.0 Å². The first-order chi connectivity index (χ1) is 19.1. The zero-order valence-corrected chi connectivity index (χ0v) is 25.1. The fraction of sp³-hybridized carbons (Fsp3) is 0.594. The number of fused-ring (bicyclic) bond motifs is 1. The Labute approximate surface area is 243 Å². The number of aliphatic hydroxyl groups is 1. The van der Waals surface area contributed by atoms with Gasteiger partial charge >= 0.3 is 0 Å². The maximum absolute atomic E-state index is 14.4. The lowest BCUT2D eigenvalue weighted by atomic mass is 9.66. The van der Waals surface area contributed by atoms with Crippen LogP contribution in [0, 0.1) is 11.8 Å². The van der Waals surface area contributed by atoms with Gasteiger partial charge in [0, 0.05) is 43.6 Å². The highest BCUT2D eigenvalue weighted by Crippen LogP contribution is 2.71. The Morgan fingerprint density at radius 1 is 1.10 bits per heavy atom. The zero-order chi connectivity index (χ0) is 29.1. The van der Waals surface area contributed by atoms with Crippen molar-refractivity contribution < 1.29 is 19.5 Å². The molecule has 1 N–H and O–H groups in total. The Morgan fingerprint density at radius 2 is 1.80 bits per heavy atom. The minimum Gasteiger partial charge on any atom is -0.396 e. The normalized spacial score (nSPS) is 28.6. The van der Waals surface area contributed by atoms with Crippen LogP contribution >= 0.6 is 11.8 Å². The molecule has 3 saturated heterocycles. The van der Waals surface area contributed by atoms with Crippen LogP contribution in [0.15, 0.2) is 55.6 Å². The van der Waals surface area contributed by atoms with Crippen molar-refractivity contribution in [3.63, 3.8) is 0 Å². The quantitative estimate of drug-likeness (QED) is 0.268. The molecule has 3 aliphatic rings. The topological polar surface area (TPSA) is 81.2 Å². The first-order valence-corrected chi connectivity index (χ1v) is 15.4. The second-order valence-corrected chi connectivity index (χ2v) is 13.8. The molecule has 5 atom stereocenters. The van der Waals surface area contributed by atoms with Gasteiger partial charge in [0.15, 0.2) is 0 Å². The number of hydrogen-bond acceptors (Lipinski definition) is 5. The number of amides is 3. The average molecular weight is 568 g/mol. The van der Waals surface area contributed by atoms with E-state index in [-0.39, 0.29) is 30.4 Å². The summed E-state index contributed by atoms with van der Waals surface area (Å²) in [6.07, 6.45) is 7.14. The number of carbonyl (C=O) groups excluding carboxylic acids is 3. The third kappa shape index (κ3) is 5.37. The lowest BCUT2D eigenvalue weighted by molar-refractivity contribution is -0.146. The Balaban J connectivity index is 1.72. The minimum absolute atomic E-state index is 0.0289. The van der Waals surface area contributed by atoms with E-state index in [0.717, 1.165) is 24.8 Å². The van der Waals surface area contributed by atoms with E-state index < -0.39 is 27.4 Å². The number of hydrogen-bond donors (Lipinski definition) is 1. The van der Waals surface area contributed by atoms with Crippen molar-refractivity contribution in [2.45, 2.75) is 81.0 Å². The number of likely N-dealkylation sites (tertiary alicyclic amines) is 1. The molecule has 7 nitrogen and oxygen atoms in total. The molecule has 8 heteroatoms. The van der Waals surface area contributed by atoms with E-state index in [1.54, 1.807) is 28.8 Å². The molecule has 3 fully saturated rings. The number of nitrogens with zero attached hydrogens (tertiary/aromatic N) is 3. The molecule has 0 radical (unpaired) electrons. The van der Waals surface area contributed by atoms with E-state index in [1.165, 1.54) is 0 Å². The summed E-state index contributed by atoms with van der Waals surface area (Å²) < 4.78 is -1.06. The summed E-state index contributed by atoms with van der Waals surface area (Å²) in [4.78, 5) is 48.5. The molecular formula is C32H45N3O4S. The van der Waals surface area contributed by atoms with Crippen molar-refractivity contribution in [2.24, 2.45) is 11.8 Å². The second-order valence-electron chi connectivity index (χ2n) is 11.9. The summed E-state index contributed by atoms with van der Waals surface area (Å²) in [5, 5.41) is 9.28. The highest BCUT2D eigenvalue weighted by molar-refractivity contribution is 8.02. The van der Waals surface area contributed by atoms with E-state index in [4.69, 9.17) is 0 Å². The van der Waals surface area contributed by atoms with Crippen LogP contribution < -0.4 is 0 Å². The van der Waals surface area contributed by atoms with Crippen LogP contribution in [0.1, 0.15) is 58.4 Å². The van der Waals surface area contributed by atoms with Crippen LogP contribution in [0.2, 0.25) is 0 Å². The van der Waals surface area contributed by atoms with Crippen LogP contribution in [0.3, 0.4) is 0 Å². The molecule has 0 saturated carbocycles. The fourth-order valence-corrected chi connectivity index (χ4v) is 9.48. The van der Waals surface area contributed by atoms with Crippen LogP contribution in [0.25, 0.3) is 0 Å². The third-order valence-corrected chi connectivity index (χ3v) is 10.9. The van der Waals surface area contributed by atoms with E-state index in [1.807, 2.05) is 54.0 Å². The molecule has 2 bridgehead atoms. The molecule has 40 heavy (non-hydrogen) atoms. The highest BCUT2D eigenvalue weighted by Gasteiger charge is 2.77. The zero-order valence-electron chi connectivity index (χ0n) is 24.3. The lowest BCUT2D eigenvalue weighted by Gasteiger charge is -2.39. The van der Waals surface area contributed by atoms with Crippen molar-refractivity contribution >= 4 is 29.5 Å². The summed E-state index contributed by atoms with van der Waals surface area (Å²) in [5.41, 5.74) is 1.03. The molecule has 218 valence electrons. The van der Waals surface area contributed by atoms with Gasteiger partial charge in [-0.05, 0) is 58.4 Å². The van der Waals surface area contributed by atoms with E-state index in [9.17, 15) is 19.5 Å². The lowest BCUT2D eigenvalue weighted by Crippen LogP contribution is -2.56. The largest absolute Gasteiger partial charge is 0.396 e. The van der Waals surface area contributed by atoms with Crippen molar-refractivity contribution in [1.29, 1.82) is 0 Å². The molecule has 4 rings (SSSR count). The van der Waals surface area contributed by atoms with Crippen LogP contribution in [-0.4, -0.2) is 85.3 Å². The number of benzene rings is 1. The molecule has 0 aromatic heterocycles. The van der Waals surface area contributed by atoms with Gasteiger partial charge < -0.3 is 19.8 Å². The van der Waals surface area contributed by atoms with Gasteiger partial charge in [0.1, 0.15) is 6.04 Å². The fourth-order valence-electron chi connectivity index (χ4n) is 7.13. The Kier molecular flexibility index (Phi) is 9.51. The van der Waals surface area contributed by atoms with Crippen molar-refractivity contribution in [3.8, 4) is 0 Å². The summed E-state index contributed by atoms with van der Waals surface area (Å²) in [5.74, 6) is -1.20. The van der Waals surface area contributed by atoms with Gasteiger partial charge in [-0.3, -0.25) is 14.4 Å². The van der Waals surface area contributed by atoms with Crippen molar-refractivity contribution in [2.75, 3.05) is 26.2 Å². The van der Waals surface area contributed by atoms with Gasteiger partial charge in [0.2, 0.25) is 17.7 Å². The van der Waals surface area contributed by atoms with Gasteiger partial charge in [-0.1, -0.05) is 42.5 Å². The SMILES string of the molecule is C=CCN(Cc1ccccc1)C(=O)[C@H]1[C@H]2C(=O)N(CCCCCO)C(C(=O)N(CC=C)C(C)C)C23CC[C@]1(C)S3. The molecule has 1 aromatic carbocycles. The monoisotopic (exact) mass is 567 g/mol. The van der Waals surface area contributed by atoms with Crippen LogP contribution in [0.4, 0.5) is 0 Å². The molecule has 3 heterocycles. The predicted octanol–water partition coefficient (Wildman–Crippen LogP) is 4.27. The third-order valence-electron chi connectivity index (χ3n) is 8.94. The molecule has 3 amide bonds. The molecule has 0 aliphatic carbocycles. The molecule has 2 unspecified atom stereocenters. The number of aliphatic hydroxyl groups excluding tert-OH is 1. The van der Waals surface area contributed by atoms with Gasteiger partial charge in [-0.15, -0.1) is 24.9 Å². The minimum atomic E-state index is -0.638. The van der Waals surface area contributed by atoms with Crippen molar-refractivity contribution in [1.82, 2.24) is 14.7 Å². The van der Waals surface area contributed by atoms with Crippen LogP contribution in [0.5, 0.6) is 0 Å². The molecule has 3 aliphatic heterocycles. The van der Waals surface area contributed by atoms with Gasteiger partial charge in [-0.25, -0.2) is 0 Å². The van der Waals surface area contributed by atoms with Crippen LogP contribution in [-0.2, 0) is 20.9 Å². The van der Waals surface area contributed by atoms with Gasteiger partial charge in [-0.2, -0.15) is 0 Å². The summed E-state index contributed by atoms with van der Waals surface area (Å²) >= 11 is 1.72. The molecule has 1 spiro atoms. The molecule has 1 aromatic rings. The highest BCUT2D eigenvalue weighted by atomic mass is 32.2. The molecular weight excluding hydrogens is 522 g/mol. The maximum atomic E-state index is 14.4. The number of unbranched alkanes of at least 4 members (excludes halogenated alkanes) is 2. The number of thioether (sulfide) groups is 1. The Bertz CT molecular complexity index is 1110. The predicted molar refractivity (Wildman–Crippen MR) is 160 cm³/mol. The van der Waals surface area contributed by atoms with E-state index in [2.05, 4.69) is 20.1 Å².